The SMILES string of the molecule is COc1cccc2c1c(CN1CCN(C)CC1)cn2S(=O)(=O)c1ccc(C(C)C)cc1.Cl.Cl. The van der Waals surface area contributed by atoms with Crippen LogP contribution in [0.5, 0.6) is 5.75 Å². The molecular formula is C24H33Cl2N3O3S. The molecule has 0 unspecified atom stereocenters. The zero-order chi connectivity index (χ0) is 22.2. The molecule has 4 rings (SSSR count). The molecule has 6 nitrogen and oxygen atoms in total. The van der Waals surface area contributed by atoms with Gasteiger partial charge in [-0.05, 0) is 48.4 Å². The number of aromatic nitrogens is 1. The normalized spacial score (nSPS) is 15.3. The van der Waals surface area contributed by atoms with Gasteiger partial charge in [-0.1, -0.05) is 32.0 Å². The Labute approximate surface area is 209 Å². The van der Waals surface area contributed by atoms with E-state index in [0.717, 1.165) is 42.7 Å². The van der Waals surface area contributed by atoms with Gasteiger partial charge in [0.15, 0.2) is 0 Å². The molecule has 0 spiro atoms. The van der Waals surface area contributed by atoms with Crippen molar-refractivity contribution in [2.75, 3.05) is 40.3 Å². The summed E-state index contributed by atoms with van der Waals surface area (Å²) >= 11 is 0. The molecule has 0 radical (unpaired) electrons. The maximum atomic E-state index is 13.6. The zero-order valence-corrected chi connectivity index (χ0v) is 22.0. The smallest absolute Gasteiger partial charge is 0.268 e. The van der Waals surface area contributed by atoms with Gasteiger partial charge in [0.05, 0.1) is 17.5 Å². The first-order valence-corrected chi connectivity index (χ1v) is 12.2. The Balaban J connectivity index is 0.00000193. The molecule has 0 N–H and O–H groups in total. The van der Waals surface area contributed by atoms with Crippen LogP contribution in [-0.2, 0) is 16.6 Å². The molecule has 33 heavy (non-hydrogen) atoms. The van der Waals surface area contributed by atoms with Gasteiger partial charge in [0, 0.05) is 44.3 Å². The Morgan fingerprint density at radius 3 is 2.18 bits per heavy atom. The topological polar surface area (TPSA) is 54.8 Å². The zero-order valence-electron chi connectivity index (χ0n) is 19.5. The van der Waals surface area contributed by atoms with Gasteiger partial charge < -0.3 is 9.64 Å². The molecule has 9 heteroatoms. The maximum absolute atomic E-state index is 13.6. The summed E-state index contributed by atoms with van der Waals surface area (Å²) in [4.78, 5) is 4.98. The first kappa shape index (κ1) is 27.5. The van der Waals surface area contributed by atoms with Gasteiger partial charge in [-0.2, -0.15) is 0 Å². The van der Waals surface area contributed by atoms with Gasteiger partial charge >= 0.3 is 0 Å². The number of hydrogen-bond acceptors (Lipinski definition) is 5. The van der Waals surface area contributed by atoms with E-state index in [1.165, 1.54) is 3.97 Å². The number of halogens is 2. The van der Waals surface area contributed by atoms with Crippen LogP contribution in [0.1, 0.15) is 30.9 Å². The molecule has 182 valence electrons. The van der Waals surface area contributed by atoms with Crippen LogP contribution >= 0.6 is 24.8 Å². The summed E-state index contributed by atoms with van der Waals surface area (Å²) in [6, 6.07) is 12.8. The number of rotatable bonds is 6. The van der Waals surface area contributed by atoms with Crippen molar-refractivity contribution in [3.05, 3.63) is 59.8 Å². The summed E-state index contributed by atoms with van der Waals surface area (Å²) in [6.45, 7) is 8.83. The van der Waals surface area contributed by atoms with Crippen LogP contribution in [0.25, 0.3) is 10.9 Å². The van der Waals surface area contributed by atoms with E-state index < -0.39 is 10.0 Å². The van der Waals surface area contributed by atoms with E-state index >= 15 is 0 Å². The number of fused-ring (bicyclic) bond motifs is 1. The first-order chi connectivity index (χ1) is 14.8. The predicted molar refractivity (Wildman–Crippen MR) is 139 cm³/mol. The fourth-order valence-corrected chi connectivity index (χ4v) is 5.56. The Morgan fingerprint density at radius 2 is 1.61 bits per heavy atom. The molecule has 0 bridgehead atoms. The highest BCUT2D eigenvalue weighted by Gasteiger charge is 2.25. The molecular weight excluding hydrogens is 481 g/mol. The van der Waals surface area contributed by atoms with Crippen LogP contribution in [0.3, 0.4) is 0 Å². The van der Waals surface area contributed by atoms with Crippen LogP contribution in [0.15, 0.2) is 53.6 Å². The van der Waals surface area contributed by atoms with Crippen molar-refractivity contribution in [3.63, 3.8) is 0 Å². The van der Waals surface area contributed by atoms with Crippen LogP contribution in [0.2, 0.25) is 0 Å². The third kappa shape index (κ3) is 5.49. The molecule has 0 saturated carbocycles. The van der Waals surface area contributed by atoms with Crippen LogP contribution in [0, 0.1) is 0 Å². The predicted octanol–water partition coefficient (Wildman–Crippen LogP) is 4.60. The third-order valence-electron chi connectivity index (χ3n) is 6.15. The van der Waals surface area contributed by atoms with Crippen LogP contribution < -0.4 is 4.74 Å². The molecule has 1 aliphatic heterocycles. The number of hydrogen-bond donors (Lipinski definition) is 0. The fraction of sp³-hybridized carbons (Fsp3) is 0.417. The Morgan fingerprint density at radius 1 is 0.970 bits per heavy atom. The van der Waals surface area contributed by atoms with E-state index in [1.807, 2.05) is 30.3 Å². The van der Waals surface area contributed by atoms with Gasteiger partial charge in [0.1, 0.15) is 5.75 Å². The highest BCUT2D eigenvalue weighted by Crippen LogP contribution is 2.34. The molecule has 2 heterocycles. The number of methoxy groups -OCH3 is 1. The lowest BCUT2D eigenvalue weighted by Crippen LogP contribution is -2.43. The minimum atomic E-state index is -3.73. The summed E-state index contributed by atoms with van der Waals surface area (Å²) in [6.07, 6.45) is 1.77. The largest absolute Gasteiger partial charge is 0.496 e. The molecule has 2 aromatic carbocycles. The van der Waals surface area contributed by atoms with Gasteiger partial charge in [-0.3, -0.25) is 4.90 Å². The van der Waals surface area contributed by atoms with Crippen molar-refractivity contribution in [2.24, 2.45) is 0 Å². The van der Waals surface area contributed by atoms with E-state index in [1.54, 1.807) is 25.4 Å². The van der Waals surface area contributed by atoms with Gasteiger partial charge in [0.2, 0.25) is 0 Å². The highest BCUT2D eigenvalue weighted by atomic mass is 35.5. The van der Waals surface area contributed by atoms with Crippen molar-refractivity contribution < 1.29 is 13.2 Å². The van der Waals surface area contributed by atoms with Gasteiger partial charge in [-0.25, -0.2) is 12.4 Å². The molecule has 3 aromatic rings. The summed E-state index contributed by atoms with van der Waals surface area (Å²) in [5.74, 6) is 1.05. The molecule has 1 fully saturated rings. The van der Waals surface area contributed by atoms with Gasteiger partial charge in [0.25, 0.3) is 10.0 Å². The van der Waals surface area contributed by atoms with E-state index in [0.29, 0.717) is 28.6 Å². The Kier molecular flexibility index (Phi) is 9.24. The summed E-state index contributed by atoms with van der Waals surface area (Å²) in [5, 5.41) is 0.867. The Bertz CT molecular complexity index is 1170. The van der Waals surface area contributed by atoms with E-state index in [4.69, 9.17) is 4.74 Å². The molecule has 0 amide bonds. The van der Waals surface area contributed by atoms with Crippen LogP contribution in [0.4, 0.5) is 0 Å². The second-order valence-electron chi connectivity index (χ2n) is 8.61. The minimum Gasteiger partial charge on any atom is -0.496 e. The lowest BCUT2D eigenvalue weighted by atomic mass is 10.0. The monoisotopic (exact) mass is 513 g/mol. The number of piperazine rings is 1. The second kappa shape index (κ2) is 11.1. The molecule has 1 aliphatic rings. The lowest BCUT2D eigenvalue weighted by Gasteiger charge is -2.32. The average Bonchev–Trinajstić information content (AvgIpc) is 3.15. The third-order valence-corrected chi connectivity index (χ3v) is 7.84. The highest BCUT2D eigenvalue weighted by molar-refractivity contribution is 7.90. The molecule has 0 atom stereocenters. The standard InChI is InChI=1S/C24H31N3O3S.2ClH/c1-18(2)19-8-10-21(11-9-19)31(28,29)27-17-20(16-26-14-12-25(3)13-15-26)24-22(27)6-5-7-23(24)30-4;;/h5-11,17-18H,12-16H2,1-4H3;2*1H. The van der Waals surface area contributed by atoms with Crippen molar-refractivity contribution in [3.8, 4) is 5.75 Å². The molecule has 0 aliphatic carbocycles. The number of ether oxygens (including phenoxy) is 1. The molecule has 1 saturated heterocycles. The quantitative estimate of drug-likeness (QED) is 0.481. The fourth-order valence-electron chi connectivity index (χ4n) is 4.18. The van der Waals surface area contributed by atoms with E-state index in [-0.39, 0.29) is 24.8 Å². The molecule has 1 aromatic heterocycles. The van der Waals surface area contributed by atoms with Crippen molar-refractivity contribution in [2.45, 2.75) is 31.2 Å². The summed E-state index contributed by atoms with van der Waals surface area (Å²) in [5.41, 5.74) is 2.74. The van der Waals surface area contributed by atoms with Gasteiger partial charge in [-0.15, -0.1) is 24.8 Å². The Hall–Kier alpha value is -1.77. The summed E-state index contributed by atoms with van der Waals surface area (Å²) in [7, 11) is 0.0308. The minimum absolute atomic E-state index is 0. The number of likely N-dealkylation sites (N-methyl/N-ethyl adjacent to an activating group) is 1. The maximum Gasteiger partial charge on any atom is 0.268 e. The van der Waals surface area contributed by atoms with Crippen LogP contribution in [-0.4, -0.2) is 62.5 Å². The van der Waals surface area contributed by atoms with E-state index in [9.17, 15) is 8.42 Å². The lowest BCUT2D eigenvalue weighted by molar-refractivity contribution is 0.148. The number of nitrogens with zero attached hydrogens (tertiary/aromatic N) is 3. The number of benzene rings is 2. The average molecular weight is 515 g/mol. The summed E-state index contributed by atoms with van der Waals surface area (Å²) < 4.78 is 34.2. The first-order valence-electron chi connectivity index (χ1n) is 10.7. The van der Waals surface area contributed by atoms with Crippen molar-refractivity contribution in [1.29, 1.82) is 0 Å². The van der Waals surface area contributed by atoms with E-state index in [2.05, 4.69) is 30.7 Å². The van der Waals surface area contributed by atoms with Crippen molar-refractivity contribution >= 4 is 45.7 Å². The second-order valence-corrected chi connectivity index (χ2v) is 10.4. The van der Waals surface area contributed by atoms with Crippen molar-refractivity contribution in [1.82, 2.24) is 13.8 Å².